The smallest absolute Gasteiger partial charge is 0.408 e. The van der Waals surface area contributed by atoms with E-state index in [4.69, 9.17) is 9.84 Å². The summed E-state index contributed by atoms with van der Waals surface area (Å²) in [4.78, 5) is 23.6. The Bertz CT molecular complexity index is 446. The van der Waals surface area contributed by atoms with Gasteiger partial charge in [-0.05, 0) is 18.9 Å². The monoisotopic (exact) mass is 249 g/mol. The maximum atomic E-state index is 11.3. The SMILES string of the molecule is C[C@@H]1OC(=O)[C@@H]1N(CCc1ccccc1)C(=O)O. The lowest BCUT2D eigenvalue weighted by atomic mass is 10.0. The zero-order valence-electron chi connectivity index (χ0n) is 10.1. The summed E-state index contributed by atoms with van der Waals surface area (Å²) in [5, 5.41) is 9.14. The number of hydrogen-bond donors (Lipinski definition) is 1. The molecule has 0 aromatic heterocycles. The van der Waals surface area contributed by atoms with Gasteiger partial charge in [0, 0.05) is 6.54 Å². The van der Waals surface area contributed by atoms with Crippen molar-refractivity contribution in [1.82, 2.24) is 4.90 Å². The van der Waals surface area contributed by atoms with Gasteiger partial charge in [-0.1, -0.05) is 30.3 Å². The third-order valence-corrected chi connectivity index (χ3v) is 3.05. The molecule has 0 unspecified atom stereocenters. The van der Waals surface area contributed by atoms with E-state index in [1.165, 1.54) is 0 Å². The van der Waals surface area contributed by atoms with E-state index in [2.05, 4.69) is 0 Å². The van der Waals surface area contributed by atoms with E-state index in [1.807, 2.05) is 30.3 Å². The van der Waals surface area contributed by atoms with Crippen molar-refractivity contribution in [3.8, 4) is 0 Å². The summed E-state index contributed by atoms with van der Waals surface area (Å²) >= 11 is 0. The topological polar surface area (TPSA) is 66.8 Å². The number of hydrogen-bond acceptors (Lipinski definition) is 3. The maximum Gasteiger partial charge on any atom is 0.408 e. The van der Waals surface area contributed by atoms with Crippen LogP contribution in [-0.2, 0) is 16.0 Å². The molecule has 1 heterocycles. The van der Waals surface area contributed by atoms with Gasteiger partial charge in [-0.2, -0.15) is 0 Å². The number of rotatable bonds is 4. The van der Waals surface area contributed by atoms with Crippen LogP contribution >= 0.6 is 0 Å². The Morgan fingerprint density at radius 2 is 2.06 bits per heavy atom. The van der Waals surface area contributed by atoms with Crippen molar-refractivity contribution in [2.45, 2.75) is 25.5 Å². The van der Waals surface area contributed by atoms with Crippen molar-refractivity contribution in [2.24, 2.45) is 0 Å². The normalized spacial score (nSPS) is 21.9. The minimum atomic E-state index is -1.08. The molecule has 1 aromatic carbocycles. The summed E-state index contributed by atoms with van der Waals surface area (Å²) in [6, 6.07) is 8.92. The molecule has 0 bridgehead atoms. The first kappa shape index (κ1) is 12.4. The Balaban J connectivity index is 1.99. The lowest BCUT2D eigenvalue weighted by molar-refractivity contribution is -0.183. The molecule has 1 aromatic rings. The van der Waals surface area contributed by atoms with Crippen molar-refractivity contribution >= 4 is 12.1 Å². The molecule has 0 radical (unpaired) electrons. The predicted octanol–water partition coefficient (Wildman–Crippen LogP) is 1.52. The van der Waals surface area contributed by atoms with Crippen LogP contribution in [0.5, 0.6) is 0 Å². The van der Waals surface area contributed by atoms with E-state index in [0.717, 1.165) is 10.5 Å². The first-order chi connectivity index (χ1) is 8.59. The molecular formula is C13H15NO4. The minimum Gasteiger partial charge on any atom is -0.465 e. The largest absolute Gasteiger partial charge is 0.465 e. The van der Waals surface area contributed by atoms with E-state index in [-0.39, 0.29) is 6.10 Å². The molecule has 1 amide bonds. The highest BCUT2D eigenvalue weighted by Gasteiger charge is 2.45. The third-order valence-electron chi connectivity index (χ3n) is 3.05. The number of esters is 1. The van der Waals surface area contributed by atoms with Gasteiger partial charge in [-0.3, -0.25) is 4.90 Å². The number of carboxylic acid groups (broad SMARTS) is 1. The Kier molecular flexibility index (Phi) is 3.50. The number of carbonyl (C=O) groups excluding carboxylic acids is 1. The fourth-order valence-electron chi connectivity index (χ4n) is 2.07. The molecule has 2 atom stereocenters. The van der Waals surface area contributed by atoms with Gasteiger partial charge >= 0.3 is 12.1 Å². The molecule has 2 rings (SSSR count). The van der Waals surface area contributed by atoms with Crippen LogP contribution in [0.25, 0.3) is 0 Å². The van der Waals surface area contributed by atoms with Crippen LogP contribution in [0.3, 0.4) is 0 Å². The Hall–Kier alpha value is -2.04. The van der Waals surface area contributed by atoms with E-state index < -0.39 is 18.1 Å². The van der Waals surface area contributed by atoms with Crippen LogP contribution in [-0.4, -0.2) is 40.8 Å². The number of benzene rings is 1. The molecule has 0 aliphatic carbocycles. The van der Waals surface area contributed by atoms with Crippen LogP contribution < -0.4 is 0 Å². The fourth-order valence-corrected chi connectivity index (χ4v) is 2.07. The average molecular weight is 249 g/mol. The number of nitrogens with zero attached hydrogens (tertiary/aromatic N) is 1. The minimum absolute atomic E-state index is 0.295. The highest BCUT2D eigenvalue weighted by Crippen LogP contribution is 2.21. The van der Waals surface area contributed by atoms with Gasteiger partial charge in [0.05, 0.1) is 0 Å². The van der Waals surface area contributed by atoms with E-state index in [1.54, 1.807) is 6.92 Å². The van der Waals surface area contributed by atoms with Crippen molar-refractivity contribution in [1.29, 1.82) is 0 Å². The highest BCUT2D eigenvalue weighted by molar-refractivity contribution is 5.85. The maximum absolute atomic E-state index is 11.3. The summed E-state index contributed by atoms with van der Waals surface area (Å²) in [5.74, 6) is -0.460. The lowest BCUT2D eigenvalue weighted by Gasteiger charge is -2.39. The molecule has 1 aliphatic heterocycles. The highest BCUT2D eigenvalue weighted by atomic mass is 16.6. The molecule has 1 N–H and O–H groups in total. The molecule has 1 saturated heterocycles. The first-order valence-corrected chi connectivity index (χ1v) is 5.83. The van der Waals surface area contributed by atoms with Gasteiger partial charge < -0.3 is 9.84 Å². The van der Waals surface area contributed by atoms with Crippen molar-refractivity contribution in [3.05, 3.63) is 35.9 Å². The third kappa shape index (κ3) is 2.45. The zero-order chi connectivity index (χ0) is 13.1. The van der Waals surface area contributed by atoms with E-state index in [0.29, 0.717) is 13.0 Å². The number of ether oxygens (including phenoxy) is 1. The Labute approximate surface area is 105 Å². The van der Waals surface area contributed by atoms with Gasteiger partial charge in [0.15, 0.2) is 6.04 Å². The summed E-state index contributed by atoms with van der Waals surface area (Å²) < 4.78 is 4.79. The van der Waals surface area contributed by atoms with Crippen molar-refractivity contribution in [3.63, 3.8) is 0 Å². The lowest BCUT2D eigenvalue weighted by Crippen LogP contribution is -2.60. The number of amides is 1. The van der Waals surface area contributed by atoms with Crippen LogP contribution in [0.4, 0.5) is 4.79 Å². The zero-order valence-corrected chi connectivity index (χ0v) is 10.1. The second kappa shape index (κ2) is 5.08. The van der Waals surface area contributed by atoms with Crippen molar-refractivity contribution in [2.75, 3.05) is 6.54 Å². The van der Waals surface area contributed by atoms with Crippen LogP contribution in [0.2, 0.25) is 0 Å². The average Bonchev–Trinajstić information content (AvgIpc) is 2.35. The first-order valence-electron chi connectivity index (χ1n) is 5.83. The standard InChI is InChI=1S/C13H15NO4/c1-9-11(12(15)18-9)14(13(16)17)8-7-10-5-3-2-4-6-10/h2-6,9,11H,7-8H2,1H3,(H,16,17)/t9-,11+/m0/s1. The molecule has 0 saturated carbocycles. The fraction of sp³-hybridized carbons (Fsp3) is 0.385. The summed E-state index contributed by atoms with van der Waals surface area (Å²) in [5.41, 5.74) is 1.05. The summed E-state index contributed by atoms with van der Waals surface area (Å²) in [6.45, 7) is 1.99. The van der Waals surface area contributed by atoms with E-state index >= 15 is 0 Å². The molecule has 18 heavy (non-hydrogen) atoms. The number of cyclic esters (lactones) is 1. The summed E-state index contributed by atoms with van der Waals surface area (Å²) in [7, 11) is 0. The second-order valence-electron chi connectivity index (χ2n) is 4.30. The molecule has 1 fully saturated rings. The van der Waals surface area contributed by atoms with Gasteiger partial charge in [-0.25, -0.2) is 9.59 Å². The molecular weight excluding hydrogens is 234 g/mol. The molecule has 5 heteroatoms. The van der Waals surface area contributed by atoms with Gasteiger partial charge in [0.1, 0.15) is 6.10 Å². The second-order valence-corrected chi connectivity index (χ2v) is 4.30. The Morgan fingerprint density at radius 1 is 1.39 bits per heavy atom. The van der Waals surface area contributed by atoms with Crippen LogP contribution in [0.15, 0.2) is 30.3 Å². The molecule has 0 spiro atoms. The van der Waals surface area contributed by atoms with Crippen LogP contribution in [0, 0.1) is 0 Å². The van der Waals surface area contributed by atoms with Crippen LogP contribution in [0.1, 0.15) is 12.5 Å². The molecule has 5 nitrogen and oxygen atoms in total. The quantitative estimate of drug-likeness (QED) is 0.822. The predicted molar refractivity (Wildman–Crippen MR) is 64.2 cm³/mol. The summed E-state index contributed by atoms with van der Waals surface area (Å²) in [6.07, 6.45) is -0.854. The Morgan fingerprint density at radius 3 is 2.56 bits per heavy atom. The van der Waals surface area contributed by atoms with Gasteiger partial charge in [-0.15, -0.1) is 0 Å². The van der Waals surface area contributed by atoms with E-state index in [9.17, 15) is 9.59 Å². The van der Waals surface area contributed by atoms with Crippen molar-refractivity contribution < 1.29 is 19.4 Å². The molecule has 1 aliphatic rings. The number of carbonyl (C=O) groups is 2. The molecule has 96 valence electrons. The van der Waals surface area contributed by atoms with Gasteiger partial charge in [0.25, 0.3) is 0 Å². The van der Waals surface area contributed by atoms with Gasteiger partial charge in [0.2, 0.25) is 0 Å².